The molecule has 1 aromatic carbocycles. The maximum atomic E-state index is 12.0. The molecule has 23 heavy (non-hydrogen) atoms. The molecule has 0 aliphatic carbocycles. The largest absolute Gasteiger partial charge is 0.290 e. The van der Waals surface area contributed by atoms with E-state index in [0.717, 1.165) is 6.26 Å². The number of nitrogens with two attached hydrogens (primary N) is 1. The number of hydrogen-bond donors (Lipinski definition) is 2. The second-order valence-corrected chi connectivity index (χ2v) is 7.10. The minimum atomic E-state index is -3.53. The van der Waals surface area contributed by atoms with Crippen LogP contribution in [-0.2, 0) is 16.6 Å². The Labute approximate surface area is 139 Å². The third-order valence-corrected chi connectivity index (χ3v) is 4.40. The molecule has 0 atom stereocenters. The summed E-state index contributed by atoms with van der Waals surface area (Å²) in [5.41, 5.74) is 3.19. The first-order valence-corrected chi connectivity index (χ1v) is 8.73. The van der Waals surface area contributed by atoms with Gasteiger partial charge in [0.05, 0.1) is 29.7 Å². The van der Waals surface area contributed by atoms with E-state index in [4.69, 9.17) is 17.4 Å². The molecule has 1 aromatic heterocycles. The van der Waals surface area contributed by atoms with Crippen LogP contribution in [0.25, 0.3) is 0 Å². The van der Waals surface area contributed by atoms with Gasteiger partial charge >= 0.3 is 0 Å². The summed E-state index contributed by atoms with van der Waals surface area (Å²) in [7, 11) is -3.53. The van der Waals surface area contributed by atoms with Crippen LogP contribution in [0, 0.1) is 0 Å². The van der Waals surface area contributed by atoms with Gasteiger partial charge in [0.2, 0.25) is 10.0 Å². The maximum Gasteiger partial charge on any atom is 0.266 e. The highest BCUT2D eigenvalue weighted by Gasteiger charge is 2.19. The quantitative estimate of drug-likeness (QED) is 0.478. The topological polar surface area (TPSA) is 105 Å². The van der Waals surface area contributed by atoms with Gasteiger partial charge in [0, 0.05) is 11.2 Å². The third kappa shape index (κ3) is 4.41. The van der Waals surface area contributed by atoms with Gasteiger partial charge in [-0.25, -0.2) is 14.3 Å². The van der Waals surface area contributed by atoms with Gasteiger partial charge in [0.25, 0.3) is 5.91 Å². The first kappa shape index (κ1) is 17.2. The summed E-state index contributed by atoms with van der Waals surface area (Å²) in [6.07, 6.45) is 2.43. The van der Waals surface area contributed by atoms with Crippen LogP contribution in [0.2, 0.25) is 5.02 Å². The number of aromatic nitrogens is 1. The predicted molar refractivity (Wildman–Crippen MR) is 88.4 cm³/mol. The van der Waals surface area contributed by atoms with Crippen LogP contribution in [0.4, 0.5) is 5.69 Å². The minimum Gasteiger partial charge on any atom is -0.290 e. The average molecular weight is 355 g/mol. The van der Waals surface area contributed by atoms with Crippen molar-refractivity contribution in [2.45, 2.75) is 6.54 Å². The number of nitrogen functional groups attached to an aromatic ring is 1. The van der Waals surface area contributed by atoms with Crippen molar-refractivity contribution in [2.75, 3.05) is 10.6 Å². The van der Waals surface area contributed by atoms with Crippen LogP contribution in [-0.4, -0.2) is 25.6 Å². The summed E-state index contributed by atoms with van der Waals surface area (Å²) in [4.78, 5) is 15.5. The van der Waals surface area contributed by atoms with E-state index < -0.39 is 15.9 Å². The Bertz CT molecular complexity index is 809. The number of benzene rings is 1. The smallest absolute Gasteiger partial charge is 0.266 e. The zero-order chi connectivity index (χ0) is 17.0. The van der Waals surface area contributed by atoms with Gasteiger partial charge < -0.3 is 0 Å². The van der Waals surface area contributed by atoms with Crippen molar-refractivity contribution in [1.29, 1.82) is 0 Å². The molecule has 0 unspecified atom stereocenters. The summed E-state index contributed by atoms with van der Waals surface area (Å²) in [5, 5.41) is 0.430. The molecule has 0 aliphatic heterocycles. The van der Waals surface area contributed by atoms with Crippen molar-refractivity contribution in [1.82, 2.24) is 10.4 Å². The summed E-state index contributed by atoms with van der Waals surface area (Å²) in [5.74, 6) is 4.57. The van der Waals surface area contributed by atoms with Crippen LogP contribution < -0.4 is 15.6 Å². The zero-order valence-electron chi connectivity index (χ0n) is 12.2. The van der Waals surface area contributed by atoms with Crippen LogP contribution in [0.1, 0.15) is 16.1 Å². The number of sulfonamides is 1. The molecule has 0 radical (unpaired) electrons. The van der Waals surface area contributed by atoms with E-state index in [1.165, 1.54) is 16.6 Å². The number of halogens is 1. The molecule has 2 rings (SSSR count). The Morgan fingerprint density at radius 2 is 2.09 bits per heavy atom. The highest BCUT2D eigenvalue weighted by atomic mass is 35.5. The third-order valence-electron chi connectivity index (χ3n) is 3.02. The number of rotatable bonds is 5. The van der Waals surface area contributed by atoms with E-state index in [1.807, 2.05) is 5.43 Å². The second-order valence-electron chi connectivity index (χ2n) is 4.76. The number of hydrogen-bond acceptors (Lipinski definition) is 5. The number of carbonyl (C=O) groups is 1. The molecule has 0 saturated carbocycles. The number of nitrogens with one attached hydrogen (secondary N) is 1. The number of hydrazine groups is 1. The number of nitrogens with zero attached hydrogens (tertiary/aromatic N) is 2. The van der Waals surface area contributed by atoms with Crippen molar-refractivity contribution in [3.63, 3.8) is 0 Å². The monoisotopic (exact) mass is 354 g/mol. The lowest BCUT2D eigenvalue weighted by Gasteiger charge is -2.22. The van der Waals surface area contributed by atoms with Crippen LogP contribution in [0.5, 0.6) is 0 Å². The summed E-state index contributed by atoms with van der Waals surface area (Å²) >= 11 is 5.92. The molecule has 122 valence electrons. The second kappa shape index (κ2) is 6.95. The van der Waals surface area contributed by atoms with E-state index in [-0.39, 0.29) is 12.1 Å². The maximum absolute atomic E-state index is 12.0. The van der Waals surface area contributed by atoms with E-state index in [0.29, 0.717) is 16.4 Å². The Morgan fingerprint density at radius 3 is 2.61 bits per heavy atom. The van der Waals surface area contributed by atoms with E-state index in [1.54, 1.807) is 30.3 Å². The molecule has 0 fully saturated rings. The van der Waals surface area contributed by atoms with E-state index >= 15 is 0 Å². The van der Waals surface area contributed by atoms with Crippen molar-refractivity contribution in [2.24, 2.45) is 5.84 Å². The van der Waals surface area contributed by atoms with Crippen LogP contribution in [0.3, 0.4) is 0 Å². The number of amides is 1. The molecule has 0 saturated heterocycles. The predicted octanol–water partition coefficient (Wildman–Crippen LogP) is 1.30. The van der Waals surface area contributed by atoms with Crippen molar-refractivity contribution in [3.8, 4) is 0 Å². The normalized spacial score (nSPS) is 11.1. The molecule has 1 amide bonds. The number of carbonyl (C=O) groups excluding carboxylic acids is 1. The lowest BCUT2D eigenvalue weighted by atomic mass is 10.2. The van der Waals surface area contributed by atoms with Gasteiger partial charge in [0.1, 0.15) is 0 Å². The van der Waals surface area contributed by atoms with Crippen LogP contribution in [0.15, 0.2) is 42.6 Å². The number of anilines is 1. The summed E-state index contributed by atoms with van der Waals surface area (Å²) < 4.78 is 25.3. The lowest BCUT2D eigenvalue weighted by Crippen LogP contribution is -2.31. The highest BCUT2D eigenvalue weighted by molar-refractivity contribution is 7.92. The molecule has 0 spiro atoms. The summed E-state index contributed by atoms with van der Waals surface area (Å²) in [6.45, 7) is 0.0176. The first-order chi connectivity index (χ1) is 10.8. The molecule has 3 N–H and O–H groups in total. The molecule has 2 aromatic rings. The Kier molecular flexibility index (Phi) is 5.19. The van der Waals surface area contributed by atoms with E-state index in [2.05, 4.69) is 4.98 Å². The molecular weight excluding hydrogens is 340 g/mol. The fraction of sp³-hybridized carbons (Fsp3) is 0.143. The molecule has 0 bridgehead atoms. The molecule has 0 aliphatic rings. The van der Waals surface area contributed by atoms with Gasteiger partial charge in [0.15, 0.2) is 0 Å². The standard InChI is InChI=1S/C14H15ClN4O3S/c1-23(21,22)19(13-4-2-3-11(15)7-13)9-12-6-5-10(8-17-12)14(20)18-16/h2-8H,9,16H2,1H3,(H,18,20). The SMILES string of the molecule is CS(=O)(=O)N(Cc1ccc(C(=O)NN)cn1)c1cccc(Cl)c1. The van der Waals surface area contributed by atoms with Crippen molar-refractivity contribution < 1.29 is 13.2 Å². The first-order valence-electron chi connectivity index (χ1n) is 6.50. The fourth-order valence-electron chi connectivity index (χ4n) is 1.91. The van der Waals surface area contributed by atoms with E-state index in [9.17, 15) is 13.2 Å². The Morgan fingerprint density at radius 1 is 1.35 bits per heavy atom. The minimum absolute atomic E-state index is 0.0176. The van der Waals surface area contributed by atoms with Gasteiger partial charge in [-0.1, -0.05) is 17.7 Å². The van der Waals surface area contributed by atoms with Gasteiger partial charge in [-0.15, -0.1) is 0 Å². The lowest BCUT2D eigenvalue weighted by molar-refractivity contribution is 0.0953. The zero-order valence-corrected chi connectivity index (χ0v) is 13.8. The van der Waals surface area contributed by atoms with Crippen molar-refractivity contribution >= 4 is 33.2 Å². The molecule has 1 heterocycles. The van der Waals surface area contributed by atoms with Crippen LogP contribution >= 0.6 is 11.6 Å². The average Bonchev–Trinajstić information content (AvgIpc) is 2.51. The Balaban J connectivity index is 2.31. The van der Waals surface area contributed by atoms with Gasteiger partial charge in [-0.05, 0) is 30.3 Å². The van der Waals surface area contributed by atoms with Gasteiger partial charge in [-0.2, -0.15) is 0 Å². The van der Waals surface area contributed by atoms with Gasteiger partial charge in [-0.3, -0.25) is 19.5 Å². The molecule has 9 heteroatoms. The van der Waals surface area contributed by atoms with Crippen molar-refractivity contribution in [3.05, 3.63) is 58.9 Å². The molecule has 7 nitrogen and oxygen atoms in total. The summed E-state index contributed by atoms with van der Waals surface area (Å²) in [6, 6.07) is 9.60. The number of pyridine rings is 1. The fourth-order valence-corrected chi connectivity index (χ4v) is 2.96. The Hall–Kier alpha value is -2.16. The highest BCUT2D eigenvalue weighted by Crippen LogP contribution is 2.23. The molecular formula is C14H15ClN4O3S.